The molecular weight excluding hydrogens is 508 g/mol. The van der Waals surface area contributed by atoms with Crippen molar-refractivity contribution in [1.29, 1.82) is 10.5 Å². The molecule has 0 aliphatic carbocycles. The first-order chi connectivity index (χ1) is 19.5. The maximum Gasteiger partial charge on any atom is 0.410 e. The predicted molar refractivity (Wildman–Crippen MR) is 149 cm³/mol. The summed E-state index contributed by atoms with van der Waals surface area (Å²) in [6.45, 7) is 7.02. The number of hydrogen-bond acceptors (Lipinski definition) is 8. The van der Waals surface area contributed by atoms with Gasteiger partial charge in [-0.2, -0.15) is 20.7 Å². The number of nitrogens with one attached hydrogen (secondary N) is 1. The minimum absolute atomic E-state index is 0.0812. The van der Waals surface area contributed by atoms with Crippen LogP contribution in [0.1, 0.15) is 43.4 Å². The van der Waals surface area contributed by atoms with Gasteiger partial charge < -0.3 is 20.1 Å². The molecule has 1 amide bonds. The van der Waals surface area contributed by atoms with E-state index in [1.807, 2.05) is 58.3 Å². The summed E-state index contributed by atoms with van der Waals surface area (Å²) in [5.74, 6) is 0. The summed E-state index contributed by atoms with van der Waals surface area (Å²) in [5.41, 5.74) is 2.79. The SMILES string of the molecule is CCc1cnn(C2(CC#N)CN(C(=O)OCc3ccccc3)C2)c1.CCc1cnn(C2(CC#N)CNC2)c1.CO. The lowest BCUT2D eigenvalue weighted by atomic mass is 9.87. The van der Waals surface area contributed by atoms with Crippen molar-refractivity contribution in [3.05, 3.63) is 71.8 Å². The van der Waals surface area contributed by atoms with Crippen molar-refractivity contribution in [2.24, 2.45) is 0 Å². The lowest BCUT2D eigenvalue weighted by Gasteiger charge is -2.48. The van der Waals surface area contributed by atoms with Gasteiger partial charge in [-0.05, 0) is 29.5 Å². The smallest absolute Gasteiger partial charge is 0.410 e. The fourth-order valence-corrected chi connectivity index (χ4v) is 4.62. The van der Waals surface area contributed by atoms with Gasteiger partial charge in [-0.1, -0.05) is 44.2 Å². The predicted octanol–water partition coefficient (Wildman–Crippen LogP) is 2.97. The average molecular weight is 547 g/mol. The monoisotopic (exact) mass is 546 g/mol. The molecule has 2 N–H and O–H groups in total. The number of amides is 1. The Bertz CT molecular complexity index is 1290. The van der Waals surface area contributed by atoms with Gasteiger partial charge in [0.05, 0.1) is 50.5 Å². The molecule has 11 nitrogen and oxygen atoms in total. The number of likely N-dealkylation sites (tertiary alicyclic amines) is 1. The molecule has 0 saturated carbocycles. The van der Waals surface area contributed by atoms with Gasteiger partial charge in [-0.25, -0.2) is 4.79 Å². The maximum atomic E-state index is 12.2. The first-order valence-electron chi connectivity index (χ1n) is 13.4. The lowest BCUT2D eigenvalue weighted by molar-refractivity contribution is -0.00260. The number of nitrogens with zero attached hydrogens (tertiary/aromatic N) is 7. The zero-order valence-electron chi connectivity index (χ0n) is 23.5. The molecule has 11 heteroatoms. The van der Waals surface area contributed by atoms with E-state index in [2.05, 4.69) is 47.7 Å². The molecule has 3 aromatic rings. The van der Waals surface area contributed by atoms with Crippen molar-refractivity contribution >= 4 is 6.09 Å². The Morgan fingerprint density at radius 2 is 1.45 bits per heavy atom. The van der Waals surface area contributed by atoms with Crippen LogP contribution in [0.5, 0.6) is 0 Å². The van der Waals surface area contributed by atoms with E-state index < -0.39 is 5.54 Å². The van der Waals surface area contributed by atoms with Crippen molar-refractivity contribution in [3.8, 4) is 12.1 Å². The minimum Gasteiger partial charge on any atom is -0.445 e. The number of nitriles is 2. The molecule has 1 aromatic carbocycles. The van der Waals surface area contributed by atoms with Gasteiger partial charge in [0.25, 0.3) is 0 Å². The number of aliphatic hydroxyl groups is 1. The molecule has 0 radical (unpaired) electrons. The quantitative estimate of drug-likeness (QED) is 0.439. The van der Waals surface area contributed by atoms with E-state index in [4.69, 9.17) is 20.4 Å². The molecule has 4 heterocycles. The molecule has 2 fully saturated rings. The van der Waals surface area contributed by atoms with E-state index in [-0.39, 0.29) is 18.2 Å². The topological polar surface area (TPSA) is 145 Å². The minimum atomic E-state index is -0.437. The number of carbonyl (C=O) groups is 1. The van der Waals surface area contributed by atoms with Crippen LogP contribution in [0.3, 0.4) is 0 Å². The van der Waals surface area contributed by atoms with E-state index in [0.717, 1.165) is 44.2 Å². The standard InChI is InChI=1S/C18H20N4O2.C10H14N4.CH4O/c1-2-15-10-20-22(11-15)18(8-9-19)13-21(14-18)17(23)24-12-16-6-4-3-5-7-16;1-2-9-5-13-14(6-9)10(3-4-11)7-12-8-10;1-2/h3-7,10-11H,2,8,12-14H2,1H3;5-6,12H,2-3,7-8H2,1H3;2H,1H3. The van der Waals surface area contributed by atoms with Crippen LogP contribution in [0.4, 0.5) is 4.79 Å². The van der Waals surface area contributed by atoms with Crippen molar-refractivity contribution in [1.82, 2.24) is 29.8 Å². The number of ether oxygens (including phenoxy) is 1. The van der Waals surface area contributed by atoms with E-state index in [1.54, 1.807) is 4.90 Å². The average Bonchev–Trinajstić information content (AvgIpc) is 3.64. The third kappa shape index (κ3) is 6.87. The third-order valence-corrected chi connectivity index (χ3v) is 7.22. The van der Waals surface area contributed by atoms with E-state index in [0.29, 0.717) is 25.9 Å². The van der Waals surface area contributed by atoms with Crippen LogP contribution in [-0.2, 0) is 35.3 Å². The van der Waals surface area contributed by atoms with Crippen molar-refractivity contribution in [2.75, 3.05) is 33.3 Å². The Morgan fingerprint density at radius 1 is 0.925 bits per heavy atom. The molecule has 212 valence electrons. The van der Waals surface area contributed by atoms with Crippen molar-refractivity contribution in [3.63, 3.8) is 0 Å². The lowest BCUT2D eigenvalue weighted by Crippen LogP contribution is -2.64. The summed E-state index contributed by atoms with van der Waals surface area (Å²) in [6, 6.07) is 14.0. The number of aromatic nitrogens is 4. The Hall–Kier alpha value is -4.19. The number of rotatable bonds is 8. The fourth-order valence-electron chi connectivity index (χ4n) is 4.62. The van der Waals surface area contributed by atoms with Crippen LogP contribution >= 0.6 is 0 Å². The molecule has 2 aromatic heterocycles. The molecule has 0 unspecified atom stereocenters. The summed E-state index contributed by atoms with van der Waals surface area (Å²) >= 11 is 0. The van der Waals surface area contributed by atoms with Gasteiger partial charge in [0.1, 0.15) is 17.7 Å². The fraction of sp³-hybridized carbons (Fsp3) is 0.483. The molecule has 2 aliphatic rings. The number of carbonyl (C=O) groups excluding carboxylic acids is 1. The molecule has 0 bridgehead atoms. The van der Waals surface area contributed by atoms with Gasteiger partial charge >= 0.3 is 6.09 Å². The highest BCUT2D eigenvalue weighted by molar-refractivity contribution is 5.69. The van der Waals surface area contributed by atoms with E-state index in [1.165, 1.54) is 5.56 Å². The largest absolute Gasteiger partial charge is 0.445 e. The maximum absolute atomic E-state index is 12.2. The second-order valence-corrected chi connectivity index (χ2v) is 9.91. The van der Waals surface area contributed by atoms with Crippen molar-refractivity contribution in [2.45, 2.75) is 57.2 Å². The number of benzene rings is 1. The second-order valence-electron chi connectivity index (χ2n) is 9.91. The highest BCUT2D eigenvalue weighted by Gasteiger charge is 2.48. The highest BCUT2D eigenvalue weighted by atomic mass is 16.6. The van der Waals surface area contributed by atoms with Crippen LogP contribution in [0.2, 0.25) is 0 Å². The van der Waals surface area contributed by atoms with E-state index >= 15 is 0 Å². The van der Waals surface area contributed by atoms with Gasteiger partial charge in [0.2, 0.25) is 0 Å². The van der Waals surface area contributed by atoms with Crippen LogP contribution in [-0.4, -0.2) is 68.9 Å². The van der Waals surface area contributed by atoms with Gasteiger partial charge in [0, 0.05) is 32.6 Å². The third-order valence-electron chi connectivity index (χ3n) is 7.22. The summed E-state index contributed by atoms with van der Waals surface area (Å²) in [5, 5.41) is 36.8. The highest BCUT2D eigenvalue weighted by Crippen LogP contribution is 2.33. The Labute approximate surface area is 235 Å². The molecule has 0 spiro atoms. The normalized spacial score (nSPS) is 15.9. The zero-order valence-corrected chi connectivity index (χ0v) is 23.5. The number of aryl methyl sites for hydroxylation is 2. The van der Waals surface area contributed by atoms with E-state index in [9.17, 15) is 4.79 Å². The summed E-state index contributed by atoms with van der Waals surface area (Å²) in [7, 11) is 1.00. The molecule has 5 rings (SSSR count). The molecule has 40 heavy (non-hydrogen) atoms. The van der Waals surface area contributed by atoms with Crippen LogP contribution in [0.25, 0.3) is 0 Å². The summed E-state index contributed by atoms with van der Waals surface area (Å²) in [4.78, 5) is 13.8. The Balaban J connectivity index is 0.000000234. The van der Waals surface area contributed by atoms with Gasteiger partial charge in [-0.15, -0.1) is 0 Å². The van der Waals surface area contributed by atoms with Gasteiger partial charge in [-0.3, -0.25) is 9.36 Å². The second kappa shape index (κ2) is 14.3. The summed E-state index contributed by atoms with van der Waals surface area (Å²) in [6.07, 6.45) is 10.1. The Kier molecular flexibility index (Phi) is 10.8. The molecule has 2 saturated heterocycles. The molecule has 2 aliphatic heterocycles. The number of hydrogen-bond donors (Lipinski definition) is 2. The van der Waals surface area contributed by atoms with Crippen LogP contribution < -0.4 is 5.32 Å². The first kappa shape index (κ1) is 30.4. The van der Waals surface area contributed by atoms with Crippen LogP contribution in [0.15, 0.2) is 55.1 Å². The Morgan fingerprint density at radius 3 is 1.90 bits per heavy atom. The molecular formula is C29H38N8O3. The first-order valence-corrected chi connectivity index (χ1v) is 13.4. The van der Waals surface area contributed by atoms with Crippen molar-refractivity contribution < 1.29 is 14.6 Å². The number of aliphatic hydroxyl groups excluding tert-OH is 1. The van der Waals surface area contributed by atoms with Gasteiger partial charge in [0.15, 0.2) is 0 Å². The summed E-state index contributed by atoms with van der Waals surface area (Å²) < 4.78 is 9.12. The molecule has 0 atom stereocenters. The van der Waals surface area contributed by atoms with Crippen LogP contribution in [0, 0.1) is 22.7 Å². The zero-order chi connectivity index (χ0) is 29.0.